The highest BCUT2D eigenvalue weighted by Gasteiger charge is 2.33. The molecule has 2 amide bonds. The van der Waals surface area contributed by atoms with Crippen LogP contribution < -0.4 is 0 Å². The minimum atomic E-state index is -0.472. The Labute approximate surface area is 174 Å². The van der Waals surface area contributed by atoms with Crippen LogP contribution in [0.1, 0.15) is 59.3 Å². The van der Waals surface area contributed by atoms with Crippen LogP contribution in [-0.4, -0.2) is 72.7 Å². The highest BCUT2D eigenvalue weighted by atomic mass is 16.6. The molecule has 0 bridgehead atoms. The van der Waals surface area contributed by atoms with Gasteiger partial charge in [-0.3, -0.25) is 9.79 Å². The van der Waals surface area contributed by atoms with Crippen molar-refractivity contribution < 1.29 is 14.3 Å². The molecule has 3 rings (SSSR count). The van der Waals surface area contributed by atoms with Crippen molar-refractivity contribution in [1.82, 2.24) is 9.80 Å². The van der Waals surface area contributed by atoms with Crippen LogP contribution in [0, 0.1) is 17.8 Å². The molecule has 0 aromatic heterocycles. The summed E-state index contributed by atoms with van der Waals surface area (Å²) in [4.78, 5) is 37.4. The van der Waals surface area contributed by atoms with Crippen molar-refractivity contribution in [1.29, 1.82) is 0 Å². The molecule has 2 heterocycles. The Bertz CT molecular complexity index is 651. The molecule has 3 aliphatic rings. The average molecular weight is 405 g/mol. The molecule has 1 aliphatic carbocycles. The van der Waals surface area contributed by atoms with Gasteiger partial charge in [0, 0.05) is 44.2 Å². The summed E-state index contributed by atoms with van der Waals surface area (Å²) in [6.45, 7) is 8.76. The Morgan fingerprint density at radius 3 is 2.34 bits per heavy atom. The molecule has 162 valence electrons. The van der Waals surface area contributed by atoms with Gasteiger partial charge in [-0.2, -0.15) is 0 Å². The topological polar surface area (TPSA) is 74.6 Å². The molecule has 1 saturated heterocycles. The van der Waals surface area contributed by atoms with Crippen LogP contribution in [0.25, 0.3) is 0 Å². The Morgan fingerprint density at radius 2 is 1.79 bits per heavy atom. The van der Waals surface area contributed by atoms with Gasteiger partial charge in [-0.1, -0.05) is 0 Å². The Balaban J connectivity index is 1.39. The lowest BCUT2D eigenvalue weighted by Crippen LogP contribution is -2.44. The second-order valence-electron chi connectivity index (χ2n) is 9.75. The van der Waals surface area contributed by atoms with Gasteiger partial charge in [-0.05, 0) is 65.2 Å². The van der Waals surface area contributed by atoms with Crippen LogP contribution in [-0.2, 0) is 9.53 Å². The molecule has 2 fully saturated rings. The number of hydrogen-bond donors (Lipinski definition) is 0. The molecule has 7 heteroatoms. The van der Waals surface area contributed by atoms with Crippen molar-refractivity contribution >= 4 is 24.1 Å². The molecule has 0 unspecified atom stereocenters. The van der Waals surface area contributed by atoms with E-state index >= 15 is 0 Å². The van der Waals surface area contributed by atoms with Crippen molar-refractivity contribution in [3.63, 3.8) is 0 Å². The first-order chi connectivity index (χ1) is 13.7. The third kappa shape index (κ3) is 6.03. The zero-order valence-corrected chi connectivity index (χ0v) is 18.4. The van der Waals surface area contributed by atoms with E-state index < -0.39 is 5.60 Å². The van der Waals surface area contributed by atoms with Gasteiger partial charge in [-0.15, -0.1) is 0 Å². The molecule has 0 spiro atoms. The lowest BCUT2D eigenvalue weighted by Gasteiger charge is -2.37. The zero-order chi connectivity index (χ0) is 21.0. The fourth-order valence-corrected chi connectivity index (χ4v) is 4.61. The van der Waals surface area contributed by atoms with E-state index in [1.54, 1.807) is 18.3 Å². The largest absolute Gasteiger partial charge is 0.444 e. The lowest BCUT2D eigenvalue weighted by atomic mass is 9.80. The number of hydrogen-bond acceptors (Lipinski definition) is 5. The van der Waals surface area contributed by atoms with Gasteiger partial charge in [0.2, 0.25) is 5.91 Å². The van der Waals surface area contributed by atoms with E-state index in [9.17, 15) is 9.59 Å². The number of amides is 2. The molecule has 0 radical (unpaired) electrons. The number of carbonyl (C=O) groups is 2. The second kappa shape index (κ2) is 9.26. The minimum Gasteiger partial charge on any atom is -0.444 e. The summed E-state index contributed by atoms with van der Waals surface area (Å²) < 4.78 is 5.44. The monoisotopic (exact) mass is 404 g/mol. The number of ether oxygens (including phenoxy) is 1. The second-order valence-corrected chi connectivity index (χ2v) is 9.75. The number of aliphatic imine (C=N–C) groups is 2. The van der Waals surface area contributed by atoms with Crippen LogP contribution >= 0.6 is 0 Å². The molecule has 0 N–H and O–H groups in total. The van der Waals surface area contributed by atoms with Crippen LogP contribution in [0.4, 0.5) is 4.79 Å². The van der Waals surface area contributed by atoms with Gasteiger partial charge in [0.1, 0.15) is 11.9 Å². The van der Waals surface area contributed by atoms with Crippen molar-refractivity contribution in [3.05, 3.63) is 0 Å². The smallest absolute Gasteiger partial charge is 0.410 e. The van der Waals surface area contributed by atoms with E-state index in [1.807, 2.05) is 20.8 Å². The number of likely N-dealkylation sites (tertiary alicyclic amines) is 1. The van der Waals surface area contributed by atoms with Gasteiger partial charge < -0.3 is 14.5 Å². The molecule has 29 heavy (non-hydrogen) atoms. The summed E-state index contributed by atoms with van der Waals surface area (Å²) in [6.07, 6.45) is 7.23. The van der Waals surface area contributed by atoms with E-state index in [-0.39, 0.29) is 12.0 Å². The third-order valence-corrected chi connectivity index (χ3v) is 6.27. The molecular weight excluding hydrogens is 368 g/mol. The number of nitrogens with zero attached hydrogens (tertiary/aromatic N) is 4. The minimum absolute atomic E-state index is 0.141. The summed E-state index contributed by atoms with van der Waals surface area (Å²) in [5, 5.41) is 0. The van der Waals surface area contributed by atoms with E-state index in [0.717, 1.165) is 58.2 Å². The van der Waals surface area contributed by atoms with Crippen LogP contribution in [0.5, 0.6) is 0 Å². The van der Waals surface area contributed by atoms with Crippen molar-refractivity contribution in [2.45, 2.75) is 64.9 Å². The van der Waals surface area contributed by atoms with Gasteiger partial charge in [-0.25, -0.2) is 9.79 Å². The summed E-state index contributed by atoms with van der Waals surface area (Å²) in [6, 6.07) is 0. The first-order valence-corrected chi connectivity index (χ1v) is 11.0. The molecule has 0 aromatic carbocycles. The van der Waals surface area contributed by atoms with Crippen molar-refractivity contribution in [2.75, 3.05) is 33.2 Å². The molecule has 7 nitrogen and oxygen atoms in total. The normalized spacial score (nSPS) is 25.7. The first-order valence-electron chi connectivity index (χ1n) is 11.0. The van der Waals surface area contributed by atoms with E-state index in [0.29, 0.717) is 24.3 Å². The molecular formula is C22H36N4O3. The highest BCUT2D eigenvalue weighted by molar-refractivity contribution is 5.98. The summed E-state index contributed by atoms with van der Waals surface area (Å²) >= 11 is 0. The Hall–Kier alpha value is -1.92. The van der Waals surface area contributed by atoms with Crippen LogP contribution in [0.15, 0.2) is 9.98 Å². The summed E-state index contributed by atoms with van der Waals surface area (Å²) in [5.74, 6) is 1.40. The SMILES string of the molecule is CN(CC1CCC(C(=O)N2CCC(C3=NC=NC3)CC2)CC1)C(=O)OC(C)(C)C. The average Bonchev–Trinajstić information content (AvgIpc) is 3.21. The molecule has 0 atom stereocenters. The fourth-order valence-electron chi connectivity index (χ4n) is 4.61. The van der Waals surface area contributed by atoms with E-state index in [4.69, 9.17) is 4.74 Å². The van der Waals surface area contributed by atoms with Gasteiger partial charge >= 0.3 is 6.09 Å². The van der Waals surface area contributed by atoms with Crippen LogP contribution in [0.3, 0.4) is 0 Å². The third-order valence-electron chi connectivity index (χ3n) is 6.27. The molecule has 0 aromatic rings. The number of piperidine rings is 1. The van der Waals surface area contributed by atoms with Gasteiger partial charge in [0.05, 0.1) is 6.54 Å². The summed E-state index contributed by atoms with van der Waals surface area (Å²) in [7, 11) is 1.80. The highest BCUT2D eigenvalue weighted by Crippen LogP contribution is 2.32. The molecule has 1 saturated carbocycles. The van der Waals surface area contributed by atoms with Crippen molar-refractivity contribution in [3.8, 4) is 0 Å². The predicted molar refractivity (Wildman–Crippen MR) is 114 cm³/mol. The first kappa shape index (κ1) is 21.8. The Kier molecular flexibility index (Phi) is 6.96. The van der Waals surface area contributed by atoms with Crippen LogP contribution in [0.2, 0.25) is 0 Å². The van der Waals surface area contributed by atoms with E-state index in [2.05, 4.69) is 14.9 Å². The maximum absolute atomic E-state index is 13.0. The number of rotatable bonds is 4. The molecule has 2 aliphatic heterocycles. The standard InChI is InChI=1S/C22H36N4O3/c1-22(2,3)29-21(28)25(4)14-16-5-7-18(8-6-16)20(27)26-11-9-17(10-12-26)19-13-23-15-24-19/h15-18H,5-14H2,1-4H3. The number of carbonyl (C=O) groups excluding carboxylic acids is 2. The predicted octanol–water partition coefficient (Wildman–Crippen LogP) is 3.38. The zero-order valence-electron chi connectivity index (χ0n) is 18.4. The lowest BCUT2D eigenvalue weighted by molar-refractivity contribution is -0.138. The van der Waals surface area contributed by atoms with E-state index in [1.165, 1.54) is 5.71 Å². The quantitative estimate of drug-likeness (QED) is 0.721. The van der Waals surface area contributed by atoms with Crippen molar-refractivity contribution in [2.24, 2.45) is 27.7 Å². The van der Waals surface area contributed by atoms with Gasteiger partial charge in [0.25, 0.3) is 0 Å². The van der Waals surface area contributed by atoms with Gasteiger partial charge in [0.15, 0.2) is 0 Å². The maximum atomic E-state index is 13.0. The maximum Gasteiger partial charge on any atom is 0.410 e. The Morgan fingerprint density at radius 1 is 1.14 bits per heavy atom. The fraction of sp³-hybridized carbons (Fsp3) is 0.818. The summed E-state index contributed by atoms with van der Waals surface area (Å²) in [5.41, 5.74) is 0.715.